The fourth-order valence-electron chi connectivity index (χ4n) is 3.15. The van der Waals surface area contributed by atoms with Crippen LogP contribution in [0.4, 0.5) is 0 Å². The highest BCUT2D eigenvalue weighted by Gasteiger charge is 2.17. The van der Waals surface area contributed by atoms with Crippen LogP contribution in [0.5, 0.6) is 0 Å². The predicted molar refractivity (Wildman–Crippen MR) is 109 cm³/mol. The summed E-state index contributed by atoms with van der Waals surface area (Å²) in [4.78, 5) is 31.1. The normalized spacial score (nSPS) is 10.9. The summed E-state index contributed by atoms with van der Waals surface area (Å²) in [6.07, 6.45) is 1.63. The molecule has 0 fully saturated rings. The highest BCUT2D eigenvalue weighted by Crippen LogP contribution is 2.23. The molecule has 0 radical (unpaired) electrons. The molecule has 0 bridgehead atoms. The first-order valence-electron chi connectivity index (χ1n) is 9.31. The molecular formula is C22H20N4O3. The molecule has 2 aromatic carbocycles. The second-order valence-corrected chi connectivity index (χ2v) is 6.80. The highest BCUT2D eigenvalue weighted by molar-refractivity contribution is 5.87. The Hall–Kier alpha value is -3.74. The molecule has 146 valence electrons. The Balaban J connectivity index is 1.48. The summed E-state index contributed by atoms with van der Waals surface area (Å²) in [5, 5.41) is 4.01. The van der Waals surface area contributed by atoms with Gasteiger partial charge < -0.3 is 9.42 Å². The van der Waals surface area contributed by atoms with E-state index in [4.69, 9.17) is 4.52 Å². The molecule has 0 spiro atoms. The van der Waals surface area contributed by atoms with Crippen molar-refractivity contribution >= 4 is 17.0 Å². The van der Waals surface area contributed by atoms with Crippen molar-refractivity contribution in [2.24, 2.45) is 0 Å². The maximum Gasteiger partial charge on any atom is 0.299 e. The van der Waals surface area contributed by atoms with Crippen molar-refractivity contribution in [3.63, 3.8) is 0 Å². The summed E-state index contributed by atoms with van der Waals surface area (Å²) < 4.78 is 6.65. The molecule has 0 saturated carbocycles. The molecule has 7 heteroatoms. The van der Waals surface area contributed by atoms with E-state index in [0.29, 0.717) is 17.8 Å². The summed E-state index contributed by atoms with van der Waals surface area (Å²) in [5.41, 5.74) is 2.58. The van der Waals surface area contributed by atoms with E-state index in [0.717, 1.165) is 11.1 Å². The van der Waals surface area contributed by atoms with Crippen LogP contribution in [-0.2, 0) is 17.9 Å². The van der Waals surface area contributed by atoms with Gasteiger partial charge in [0.1, 0.15) is 11.2 Å². The van der Waals surface area contributed by atoms with E-state index in [9.17, 15) is 9.59 Å². The fourth-order valence-corrected chi connectivity index (χ4v) is 3.15. The SMILES string of the molecule is CN(Cc1ccccc1)C(=O)CCn1cnc2c(-c3ccccc3)noc2c1=O. The Morgan fingerprint density at radius 2 is 1.76 bits per heavy atom. The summed E-state index contributed by atoms with van der Waals surface area (Å²) >= 11 is 0. The minimum atomic E-state index is -0.344. The lowest BCUT2D eigenvalue weighted by Gasteiger charge is -2.17. The lowest BCUT2D eigenvalue weighted by Crippen LogP contribution is -2.29. The maximum absolute atomic E-state index is 12.7. The van der Waals surface area contributed by atoms with E-state index in [1.54, 1.807) is 11.9 Å². The van der Waals surface area contributed by atoms with Gasteiger partial charge >= 0.3 is 0 Å². The standard InChI is InChI=1S/C22H20N4O3/c1-25(14-16-8-4-2-5-9-16)18(27)12-13-26-15-23-20-19(17-10-6-3-7-11-17)24-29-21(20)22(26)28/h2-11,15H,12-14H2,1H3. The Labute approximate surface area is 167 Å². The summed E-state index contributed by atoms with van der Waals surface area (Å²) in [6, 6.07) is 19.2. The minimum Gasteiger partial charge on any atom is -0.348 e. The zero-order valence-electron chi connectivity index (χ0n) is 16.0. The summed E-state index contributed by atoms with van der Waals surface area (Å²) in [5.74, 6) is -0.0524. The van der Waals surface area contributed by atoms with Crippen LogP contribution < -0.4 is 5.56 Å². The van der Waals surface area contributed by atoms with Crippen LogP contribution >= 0.6 is 0 Å². The number of aryl methyl sites for hydroxylation is 1. The Morgan fingerprint density at radius 1 is 1.07 bits per heavy atom. The summed E-state index contributed by atoms with van der Waals surface area (Å²) in [7, 11) is 1.75. The molecule has 1 amide bonds. The minimum absolute atomic E-state index is 0.0524. The number of rotatable bonds is 6. The number of hydrogen-bond acceptors (Lipinski definition) is 5. The van der Waals surface area contributed by atoms with Gasteiger partial charge in [-0.05, 0) is 5.56 Å². The maximum atomic E-state index is 12.7. The van der Waals surface area contributed by atoms with Crippen molar-refractivity contribution in [2.75, 3.05) is 7.05 Å². The van der Waals surface area contributed by atoms with Gasteiger partial charge in [-0.15, -0.1) is 0 Å². The number of fused-ring (bicyclic) bond motifs is 1. The molecular weight excluding hydrogens is 368 g/mol. The number of aromatic nitrogens is 3. The van der Waals surface area contributed by atoms with Crippen molar-refractivity contribution < 1.29 is 9.32 Å². The molecule has 7 nitrogen and oxygen atoms in total. The fraction of sp³-hybridized carbons (Fsp3) is 0.182. The van der Waals surface area contributed by atoms with Crippen LogP contribution in [0.25, 0.3) is 22.4 Å². The molecule has 2 aromatic heterocycles. The van der Waals surface area contributed by atoms with Gasteiger partial charge in [0.05, 0.1) is 6.33 Å². The highest BCUT2D eigenvalue weighted by atomic mass is 16.5. The van der Waals surface area contributed by atoms with E-state index in [2.05, 4.69) is 10.1 Å². The van der Waals surface area contributed by atoms with Crippen molar-refractivity contribution in [2.45, 2.75) is 19.5 Å². The van der Waals surface area contributed by atoms with Gasteiger partial charge in [0.25, 0.3) is 11.1 Å². The van der Waals surface area contributed by atoms with E-state index in [-0.39, 0.29) is 30.0 Å². The summed E-state index contributed by atoms with van der Waals surface area (Å²) in [6.45, 7) is 0.746. The predicted octanol–water partition coefficient (Wildman–Crippen LogP) is 3.10. The van der Waals surface area contributed by atoms with Gasteiger partial charge in [-0.2, -0.15) is 0 Å². The molecule has 0 saturated heterocycles. The smallest absolute Gasteiger partial charge is 0.299 e. The molecule has 29 heavy (non-hydrogen) atoms. The average molecular weight is 388 g/mol. The zero-order valence-corrected chi connectivity index (χ0v) is 16.0. The van der Waals surface area contributed by atoms with Crippen molar-refractivity contribution in [3.05, 3.63) is 82.9 Å². The second-order valence-electron chi connectivity index (χ2n) is 6.80. The number of carbonyl (C=O) groups is 1. The van der Waals surface area contributed by atoms with Gasteiger partial charge in [-0.3, -0.25) is 14.2 Å². The molecule has 4 aromatic rings. The van der Waals surface area contributed by atoms with Gasteiger partial charge in [-0.1, -0.05) is 65.8 Å². The first-order valence-corrected chi connectivity index (χ1v) is 9.31. The molecule has 0 aliphatic rings. The topological polar surface area (TPSA) is 81.2 Å². The zero-order chi connectivity index (χ0) is 20.2. The number of hydrogen-bond donors (Lipinski definition) is 0. The molecule has 4 rings (SSSR count). The number of benzene rings is 2. The quantitative estimate of drug-likeness (QED) is 0.507. The van der Waals surface area contributed by atoms with Gasteiger partial charge in [0, 0.05) is 32.1 Å². The van der Waals surface area contributed by atoms with Gasteiger partial charge in [0.15, 0.2) is 0 Å². The monoisotopic (exact) mass is 388 g/mol. The third-order valence-electron chi connectivity index (χ3n) is 4.75. The molecule has 0 N–H and O–H groups in total. The number of nitrogens with zero attached hydrogens (tertiary/aromatic N) is 4. The van der Waals surface area contributed by atoms with Gasteiger partial charge in [-0.25, -0.2) is 4.98 Å². The van der Waals surface area contributed by atoms with E-state index in [1.165, 1.54) is 10.9 Å². The van der Waals surface area contributed by atoms with Gasteiger partial charge in [0.2, 0.25) is 5.91 Å². The molecule has 2 heterocycles. The average Bonchev–Trinajstić information content (AvgIpc) is 3.19. The van der Waals surface area contributed by atoms with E-state index in [1.807, 2.05) is 60.7 Å². The first-order chi connectivity index (χ1) is 14.1. The molecule has 0 atom stereocenters. The Bertz CT molecular complexity index is 1180. The second kappa shape index (κ2) is 8.10. The van der Waals surface area contributed by atoms with Crippen LogP contribution in [0, 0.1) is 0 Å². The van der Waals surface area contributed by atoms with Crippen molar-refractivity contribution in [3.8, 4) is 11.3 Å². The Kier molecular flexibility index (Phi) is 5.20. The Morgan fingerprint density at radius 3 is 2.48 bits per heavy atom. The van der Waals surface area contributed by atoms with E-state index >= 15 is 0 Å². The molecule has 0 unspecified atom stereocenters. The van der Waals surface area contributed by atoms with Crippen LogP contribution in [-0.4, -0.2) is 32.6 Å². The first kappa shape index (κ1) is 18.6. The lowest BCUT2D eigenvalue weighted by atomic mass is 10.1. The lowest BCUT2D eigenvalue weighted by molar-refractivity contribution is -0.130. The molecule has 0 aliphatic carbocycles. The largest absolute Gasteiger partial charge is 0.348 e. The van der Waals surface area contributed by atoms with Crippen LogP contribution in [0.3, 0.4) is 0 Å². The number of carbonyl (C=O) groups excluding carboxylic acids is 1. The van der Waals surface area contributed by atoms with Crippen LogP contribution in [0.15, 0.2) is 76.3 Å². The van der Waals surface area contributed by atoms with Crippen LogP contribution in [0.1, 0.15) is 12.0 Å². The van der Waals surface area contributed by atoms with Crippen molar-refractivity contribution in [1.82, 2.24) is 19.6 Å². The van der Waals surface area contributed by atoms with Crippen LogP contribution in [0.2, 0.25) is 0 Å². The third-order valence-corrected chi connectivity index (χ3v) is 4.75. The number of amides is 1. The van der Waals surface area contributed by atoms with E-state index < -0.39 is 0 Å². The van der Waals surface area contributed by atoms with Crippen molar-refractivity contribution in [1.29, 1.82) is 0 Å². The molecule has 0 aliphatic heterocycles. The third kappa shape index (κ3) is 3.94.